The lowest BCUT2D eigenvalue weighted by atomic mass is 9.95. The summed E-state index contributed by atoms with van der Waals surface area (Å²) in [5.41, 5.74) is 8.90. The molecule has 2 saturated heterocycles. The summed E-state index contributed by atoms with van der Waals surface area (Å²) in [6.07, 6.45) is 5.97. The van der Waals surface area contributed by atoms with Gasteiger partial charge in [0.1, 0.15) is 12.1 Å². The number of anilines is 1. The Kier molecular flexibility index (Phi) is 5.53. The number of aromatic nitrogens is 5. The van der Waals surface area contributed by atoms with Gasteiger partial charge in [-0.05, 0) is 62.8 Å². The Balaban J connectivity index is 1.35. The third kappa shape index (κ3) is 3.79. The van der Waals surface area contributed by atoms with Crippen molar-refractivity contribution in [1.29, 1.82) is 0 Å². The van der Waals surface area contributed by atoms with Crippen LogP contribution in [0.25, 0.3) is 27.9 Å². The number of aromatic amines is 1. The lowest BCUT2D eigenvalue weighted by Gasteiger charge is -2.26. The number of nitrogens with zero attached hydrogens (tertiary/aromatic N) is 5. The second kappa shape index (κ2) is 8.60. The Morgan fingerprint density at radius 3 is 2.83 bits per heavy atom. The van der Waals surface area contributed by atoms with E-state index in [1.165, 1.54) is 11.1 Å². The molecule has 0 radical (unpaired) electrons. The highest BCUT2D eigenvalue weighted by Crippen LogP contribution is 2.38. The Hall–Kier alpha value is -2.97. The minimum Gasteiger partial charge on any atom is -0.380 e. The minimum atomic E-state index is 0.317. The minimum absolute atomic E-state index is 0.317. The van der Waals surface area contributed by atoms with Gasteiger partial charge in [-0.25, -0.2) is 14.5 Å². The van der Waals surface area contributed by atoms with Gasteiger partial charge in [0.25, 0.3) is 0 Å². The molecule has 0 amide bonds. The Morgan fingerprint density at radius 2 is 2.06 bits per heavy atom. The second-order valence-electron chi connectivity index (χ2n) is 10.6. The van der Waals surface area contributed by atoms with Crippen molar-refractivity contribution >= 4 is 22.5 Å². The molecule has 0 saturated carbocycles. The molecule has 2 aliphatic heterocycles. The van der Waals surface area contributed by atoms with Gasteiger partial charge in [-0.1, -0.05) is 13.8 Å². The third-order valence-electron chi connectivity index (χ3n) is 8.00. The molecule has 0 bridgehead atoms. The molecule has 4 aromatic rings. The molecule has 8 heteroatoms. The average Bonchev–Trinajstić information content (AvgIpc) is 3.61. The molecule has 2 aliphatic rings. The molecule has 0 aliphatic carbocycles. The molecule has 35 heavy (non-hydrogen) atoms. The van der Waals surface area contributed by atoms with Crippen molar-refractivity contribution in [3.8, 4) is 11.3 Å². The number of H-pyrrole nitrogens is 1. The number of aryl methyl sites for hydroxylation is 1. The fraction of sp³-hybridized carbons (Fsp3) is 0.519. The van der Waals surface area contributed by atoms with Crippen molar-refractivity contribution in [2.45, 2.75) is 71.5 Å². The molecule has 184 valence electrons. The summed E-state index contributed by atoms with van der Waals surface area (Å²) in [5.74, 6) is 1.27. The zero-order chi connectivity index (χ0) is 24.3. The fourth-order valence-electron chi connectivity index (χ4n) is 6.06. The number of fused-ring (bicyclic) bond motifs is 2. The number of rotatable bonds is 5. The molecule has 4 aromatic heterocycles. The largest absolute Gasteiger partial charge is 0.380 e. The molecule has 3 atom stereocenters. The van der Waals surface area contributed by atoms with E-state index in [9.17, 15) is 0 Å². The number of nitrogens with one attached hydrogen (secondary N) is 2. The smallest absolute Gasteiger partial charge is 0.158 e. The van der Waals surface area contributed by atoms with Gasteiger partial charge in [-0.3, -0.25) is 4.90 Å². The lowest BCUT2D eigenvalue weighted by Crippen LogP contribution is -2.39. The summed E-state index contributed by atoms with van der Waals surface area (Å²) in [6, 6.07) is 5.79. The van der Waals surface area contributed by atoms with Crippen LogP contribution in [0.5, 0.6) is 0 Å². The fourth-order valence-corrected chi connectivity index (χ4v) is 6.06. The van der Waals surface area contributed by atoms with E-state index in [0.29, 0.717) is 24.0 Å². The number of hydrogen-bond acceptors (Lipinski definition) is 6. The van der Waals surface area contributed by atoms with Crippen molar-refractivity contribution in [3.63, 3.8) is 0 Å². The van der Waals surface area contributed by atoms with Crippen LogP contribution in [-0.2, 0) is 4.74 Å². The molecule has 0 aromatic carbocycles. The van der Waals surface area contributed by atoms with E-state index in [4.69, 9.17) is 9.72 Å². The van der Waals surface area contributed by atoms with Crippen LogP contribution in [0.1, 0.15) is 56.2 Å². The lowest BCUT2D eigenvalue weighted by molar-refractivity contribution is 0.140. The maximum absolute atomic E-state index is 5.64. The van der Waals surface area contributed by atoms with Crippen LogP contribution in [0.3, 0.4) is 0 Å². The van der Waals surface area contributed by atoms with E-state index >= 15 is 0 Å². The van der Waals surface area contributed by atoms with Crippen molar-refractivity contribution in [1.82, 2.24) is 29.5 Å². The van der Waals surface area contributed by atoms with Gasteiger partial charge in [0.2, 0.25) is 0 Å². The van der Waals surface area contributed by atoms with Crippen LogP contribution in [0.2, 0.25) is 0 Å². The molecule has 2 fully saturated rings. The van der Waals surface area contributed by atoms with E-state index < -0.39 is 0 Å². The molecule has 6 rings (SSSR count). The molecular formula is C27H35N7O. The van der Waals surface area contributed by atoms with Gasteiger partial charge in [-0.2, -0.15) is 5.10 Å². The van der Waals surface area contributed by atoms with Gasteiger partial charge in [0, 0.05) is 48.6 Å². The molecule has 1 unspecified atom stereocenters. The predicted octanol–water partition coefficient (Wildman–Crippen LogP) is 4.68. The Bertz CT molecular complexity index is 1380. The standard InChI is InChI=1S/C27H35N7O/c1-15(2)24-25(21-12-34-27(28-14-29-34)18(5)17(21)4)31-22-6-7-23(32-26(22)24)30-19-10-16(3)33(11-19)20-8-9-35-13-20/h6-7,12,14-16,19-20,31H,8-11,13H2,1-5H3,(H,30,32)/t16-,19+,20?/m0/s1. The van der Waals surface area contributed by atoms with Gasteiger partial charge in [0.15, 0.2) is 5.65 Å². The third-order valence-corrected chi connectivity index (χ3v) is 8.00. The maximum atomic E-state index is 5.64. The monoisotopic (exact) mass is 473 g/mol. The molecule has 6 heterocycles. The highest BCUT2D eigenvalue weighted by atomic mass is 16.5. The van der Waals surface area contributed by atoms with Crippen LogP contribution < -0.4 is 5.32 Å². The van der Waals surface area contributed by atoms with Crippen molar-refractivity contribution in [3.05, 3.63) is 41.3 Å². The SMILES string of the molecule is Cc1c(-c2[nH]c3ccc(N[C@@H]4C[C@H](C)N(C5CCOC5)C4)nc3c2C(C)C)cn2ncnc2c1C. The van der Waals surface area contributed by atoms with E-state index in [1.807, 2.05) is 4.52 Å². The van der Waals surface area contributed by atoms with Gasteiger partial charge >= 0.3 is 0 Å². The summed E-state index contributed by atoms with van der Waals surface area (Å²) < 4.78 is 7.51. The summed E-state index contributed by atoms with van der Waals surface area (Å²) in [5, 5.41) is 8.15. The van der Waals surface area contributed by atoms with Gasteiger partial charge < -0.3 is 15.0 Å². The van der Waals surface area contributed by atoms with Crippen molar-refractivity contribution in [2.24, 2.45) is 0 Å². The first-order chi connectivity index (χ1) is 16.9. The summed E-state index contributed by atoms with van der Waals surface area (Å²) >= 11 is 0. The van der Waals surface area contributed by atoms with E-state index in [2.05, 4.69) is 78.2 Å². The maximum Gasteiger partial charge on any atom is 0.158 e. The molecule has 0 spiro atoms. The van der Waals surface area contributed by atoms with Gasteiger partial charge in [0.05, 0.1) is 23.3 Å². The number of ether oxygens (including phenoxy) is 1. The second-order valence-corrected chi connectivity index (χ2v) is 10.6. The Morgan fingerprint density at radius 1 is 1.20 bits per heavy atom. The number of pyridine rings is 2. The normalized spacial score (nSPS) is 23.3. The first-order valence-corrected chi connectivity index (χ1v) is 12.8. The van der Waals surface area contributed by atoms with Crippen LogP contribution in [0.15, 0.2) is 24.7 Å². The van der Waals surface area contributed by atoms with Crippen LogP contribution in [0, 0.1) is 13.8 Å². The topological polar surface area (TPSA) is 83.4 Å². The molecular weight excluding hydrogens is 438 g/mol. The first-order valence-electron chi connectivity index (χ1n) is 12.8. The van der Waals surface area contributed by atoms with E-state index in [-0.39, 0.29) is 0 Å². The quantitative estimate of drug-likeness (QED) is 0.438. The number of likely N-dealkylation sites (tertiary alicyclic amines) is 1. The summed E-state index contributed by atoms with van der Waals surface area (Å²) in [7, 11) is 0. The van der Waals surface area contributed by atoms with Gasteiger partial charge in [-0.15, -0.1) is 0 Å². The Labute approximate surface area is 206 Å². The zero-order valence-electron chi connectivity index (χ0n) is 21.3. The predicted molar refractivity (Wildman–Crippen MR) is 139 cm³/mol. The average molecular weight is 474 g/mol. The number of hydrogen-bond donors (Lipinski definition) is 2. The zero-order valence-corrected chi connectivity index (χ0v) is 21.3. The summed E-state index contributed by atoms with van der Waals surface area (Å²) in [6.45, 7) is 13.9. The van der Waals surface area contributed by atoms with Crippen molar-refractivity contribution < 1.29 is 4.74 Å². The van der Waals surface area contributed by atoms with Crippen LogP contribution in [-0.4, -0.2) is 67.3 Å². The molecule has 2 N–H and O–H groups in total. The highest BCUT2D eigenvalue weighted by molar-refractivity contribution is 5.90. The molecule has 8 nitrogen and oxygen atoms in total. The highest BCUT2D eigenvalue weighted by Gasteiger charge is 2.35. The van der Waals surface area contributed by atoms with Crippen LogP contribution >= 0.6 is 0 Å². The van der Waals surface area contributed by atoms with Crippen molar-refractivity contribution in [2.75, 3.05) is 25.1 Å². The van der Waals surface area contributed by atoms with Crippen LogP contribution in [0.4, 0.5) is 5.82 Å². The summed E-state index contributed by atoms with van der Waals surface area (Å²) in [4.78, 5) is 15.9. The van der Waals surface area contributed by atoms with E-state index in [1.54, 1.807) is 6.33 Å². The first kappa shape index (κ1) is 22.5. The van der Waals surface area contributed by atoms with E-state index in [0.717, 1.165) is 71.9 Å².